The molecule has 0 amide bonds. The number of benzene rings is 1. The fourth-order valence-electron chi connectivity index (χ4n) is 1.21. The number of H-pyrrole nitrogens is 1. The summed E-state index contributed by atoms with van der Waals surface area (Å²) >= 11 is 3.32. The zero-order valence-corrected chi connectivity index (χ0v) is 8.78. The van der Waals surface area contributed by atoms with Gasteiger partial charge in [0.15, 0.2) is 12.1 Å². The van der Waals surface area contributed by atoms with E-state index in [4.69, 9.17) is 0 Å². The van der Waals surface area contributed by atoms with Crippen molar-refractivity contribution in [1.82, 2.24) is 9.97 Å². The molecule has 2 aromatic rings. The van der Waals surface area contributed by atoms with E-state index in [1.54, 1.807) is 0 Å². The van der Waals surface area contributed by atoms with Crippen LogP contribution in [0.4, 0.5) is 0 Å². The Bertz CT molecular complexity index is 450. The van der Waals surface area contributed by atoms with Gasteiger partial charge in [-0.15, -0.1) is 0 Å². The van der Waals surface area contributed by atoms with Crippen LogP contribution in [0.25, 0.3) is 11.3 Å². The molecular weight excluding hydrogens is 244 g/mol. The fraction of sp³-hybridized carbons (Fsp3) is 0. The summed E-state index contributed by atoms with van der Waals surface area (Å²) < 4.78 is 0.728. The maximum atomic E-state index is 10.5. The second kappa shape index (κ2) is 3.75. The maximum absolute atomic E-state index is 10.5. The summed E-state index contributed by atoms with van der Waals surface area (Å²) in [6.45, 7) is 0. The highest BCUT2D eigenvalue weighted by Gasteiger charge is 2.08. The third-order valence-electron chi connectivity index (χ3n) is 1.84. The van der Waals surface area contributed by atoms with E-state index in [1.165, 1.54) is 0 Å². The van der Waals surface area contributed by atoms with Crippen molar-refractivity contribution in [3.05, 3.63) is 40.8 Å². The quantitative estimate of drug-likeness (QED) is 0.834. The van der Waals surface area contributed by atoms with Crippen LogP contribution in [0.15, 0.2) is 34.9 Å². The average molecular weight is 251 g/mol. The Labute approximate surface area is 89.3 Å². The Kier molecular flexibility index (Phi) is 2.45. The van der Waals surface area contributed by atoms with Gasteiger partial charge in [0.1, 0.15) is 10.3 Å². The minimum Gasteiger partial charge on any atom is -0.330 e. The highest BCUT2D eigenvalue weighted by Crippen LogP contribution is 2.24. The molecule has 0 unspecified atom stereocenters. The van der Waals surface area contributed by atoms with Crippen LogP contribution in [0.5, 0.6) is 0 Å². The van der Waals surface area contributed by atoms with E-state index in [1.807, 2.05) is 30.3 Å². The van der Waals surface area contributed by atoms with E-state index in [2.05, 4.69) is 25.9 Å². The number of aldehydes is 1. The summed E-state index contributed by atoms with van der Waals surface area (Å²) in [5.41, 5.74) is 1.73. The van der Waals surface area contributed by atoms with Gasteiger partial charge in [0, 0.05) is 5.56 Å². The van der Waals surface area contributed by atoms with Crippen LogP contribution in [0, 0.1) is 0 Å². The molecule has 1 aromatic carbocycles. The van der Waals surface area contributed by atoms with Crippen molar-refractivity contribution in [1.29, 1.82) is 0 Å². The molecule has 0 saturated heterocycles. The Balaban J connectivity index is 2.51. The molecule has 3 nitrogen and oxygen atoms in total. The summed E-state index contributed by atoms with van der Waals surface area (Å²) in [6.07, 6.45) is 0.692. The number of hydrogen-bond acceptors (Lipinski definition) is 2. The lowest BCUT2D eigenvalue weighted by molar-refractivity contribution is 0.111. The van der Waals surface area contributed by atoms with Crippen LogP contribution in [0.2, 0.25) is 0 Å². The second-order valence-corrected chi connectivity index (χ2v) is 3.56. The molecule has 0 spiro atoms. The van der Waals surface area contributed by atoms with Crippen molar-refractivity contribution >= 4 is 22.2 Å². The number of aromatic amines is 1. The van der Waals surface area contributed by atoms with E-state index < -0.39 is 0 Å². The first-order valence-electron chi connectivity index (χ1n) is 4.07. The summed E-state index contributed by atoms with van der Waals surface area (Å²) in [4.78, 5) is 17.4. The number of carbonyl (C=O) groups is 1. The predicted molar refractivity (Wildman–Crippen MR) is 57.1 cm³/mol. The zero-order chi connectivity index (χ0) is 9.97. The van der Waals surface area contributed by atoms with Gasteiger partial charge >= 0.3 is 0 Å². The largest absolute Gasteiger partial charge is 0.330 e. The number of nitrogens with one attached hydrogen (secondary N) is 1. The summed E-state index contributed by atoms with van der Waals surface area (Å²) in [6, 6.07) is 9.67. The van der Waals surface area contributed by atoms with Gasteiger partial charge in [-0.1, -0.05) is 30.3 Å². The molecule has 70 valence electrons. The molecule has 2 rings (SSSR count). The van der Waals surface area contributed by atoms with Crippen molar-refractivity contribution in [3.63, 3.8) is 0 Å². The van der Waals surface area contributed by atoms with Crippen LogP contribution in [0.1, 0.15) is 10.6 Å². The molecule has 1 heterocycles. The number of carbonyl (C=O) groups excluding carboxylic acids is 1. The standard InChI is InChI=1S/C10H7BrN2O/c11-10-9(12-8(6-14)13-10)7-4-2-1-3-5-7/h1-6H,(H,12,13). The first-order valence-corrected chi connectivity index (χ1v) is 4.86. The highest BCUT2D eigenvalue weighted by molar-refractivity contribution is 9.10. The van der Waals surface area contributed by atoms with Crippen LogP contribution < -0.4 is 0 Å². The molecule has 0 fully saturated rings. The minimum atomic E-state index is 0.329. The third-order valence-corrected chi connectivity index (χ3v) is 2.41. The Morgan fingerprint density at radius 2 is 2.00 bits per heavy atom. The molecule has 0 saturated carbocycles. The van der Waals surface area contributed by atoms with Gasteiger partial charge in [0.25, 0.3) is 0 Å². The number of hydrogen-bond donors (Lipinski definition) is 1. The van der Waals surface area contributed by atoms with Gasteiger partial charge < -0.3 is 4.98 Å². The van der Waals surface area contributed by atoms with E-state index in [0.29, 0.717) is 12.1 Å². The van der Waals surface area contributed by atoms with Crippen molar-refractivity contribution in [2.75, 3.05) is 0 Å². The molecule has 0 bridgehead atoms. The minimum absolute atomic E-state index is 0.329. The molecule has 1 N–H and O–H groups in total. The number of nitrogens with zero attached hydrogens (tertiary/aromatic N) is 1. The lowest BCUT2D eigenvalue weighted by atomic mass is 10.2. The number of aromatic nitrogens is 2. The van der Waals surface area contributed by atoms with Crippen LogP contribution >= 0.6 is 15.9 Å². The SMILES string of the molecule is O=Cc1nc(-c2ccccc2)c(Br)[nH]1. The molecule has 0 aliphatic carbocycles. The number of rotatable bonds is 2. The monoisotopic (exact) mass is 250 g/mol. The first-order chi connectivity index (χ1) is 6.81. The Morgan fingerprint density at radius 1 is 1.29 bits per heavy atom. The van der Waals surface area contributed by atoms with Gasteiger partial charge in [0.05, 0.1) is 0 Å². The van der Waals surface area contributed by atoms with E-state index in [0.717, 1.165) is 15.9 Å². The van der Waals surface area contributed by atoms with Crippen LogP contribution in [-0.2, 0) is 0 Å². The van der Waals surface area contributed by atoms with Crippen LogP contribution in [0.3, 0.4) is 0 Å². The topological polar surface area (TPSA) is 45.8 Å². The van der Waals surface area contributed by atoms with Crippen molar-refractivity contribution < 1.29 is 4.79 Å². The van der Waals surface area contributed by atoms with Gasteiger partial charge in [-0.05, 0) is 15.9 Å². The smallest absolute Gasteiger partial charge is 0.185 e. The third kappa shape index (κ3) is 1.61. The lowest BCUT2D eigenvalue weighted by Crippen LogP contribution is -1.81. The van der Waals surface area contributed by atoms with E-state index >= 15 is 0 Å². The van der Waals surface area contributed by atoms with Gasteiger partial charge in [-0.25, -0.2) is 4.98 Å². The number of halogens is 1. The second-order valence-electron chi connectivity index (χ2n) is 2.77. The molecule has 4 heteroatoms. The summed E-state index contributed by atoms with van der Waals surface area (Å²) in [5, 5.41) is 0. The van der Waals surface area contributed by atoms with Crippen LogP contribution in [-0.4, -0.2) is 16.3 Å². The molecule has 14 heavy (non-hydrogen) atoms. The van der Waals surface area contributed by atoms with Gasteiger partial charge in [-0.3, -0.25) is 4.79 Å². The lowest BCUT2D eigenvalue weighted by Gasteiger charge is -1.95. The van der Waals surface area contributed by atoms with Crippen molar-refractivity contribution in [3.8, 4) is 11.3 Å². The average Bonchev–Trinajstić information content (AvgIpc) is 2.61. The van der Waals surface area contributed by atoms with Gasteiger partial charge in [0.2, 0.25) is 0 Å². The normalized spacial score (nSPS) is 10.1. The number of imidazole rings is 1. The molecule has 0 aliphatic rings. The Hall–Kier alpha value is -1.42. The molecular formula is C10H7BrN2O. The summed E-state index contributed by atoms with van der Waals surface area (Å²) in [5.74, 6) is 0.329. The zero-order valence-electron chi connectivity index (χ0n) is 7.20. The van der Waals surface area contributed by atoms with Crippen molar-refractivity contribution in [2.45, 2.75) is 0 Å². The van der Waals surface area contributed by atoms with E-state index in [9.17, 15) is 4.79 Å². The first kappa shape index (κ1) is 9.15. The molecule has 0 radical (unpaired) electrons. The maximum Gasteiger partial charge on any atom is 0.185 e. The van der Waals surface area contributed by atoms with E-state index in [-0.39, 0.29) is 0 Å². The Morgan fingerprint density at radius 3 is 2.57 bits per heavy atom. The predicted octanol–water partition coefficient (Wildman–Crippen LogP) is 2.65. The highest BCUT2D eigenvalue weighted by atomic mass is 79.9. The van der Waals surface area contributed by atoms with Gasteiger partial charge in [-0.2, -0.15) is 0 Å². The molecule has 1 aromatic heterocycles. The van der Waals surface area contributed by atoms with Crippen molar-refractivity contribution in [2.24, 2.45) is 0 Å². The molecule has 0 atom stereocenters. The summed E-state index contributed by atoms with van der Waals surface area (Å²) in [7, 11) is 0. The fourth-order valence-corrected chi connectivity index (χ4v) is 1.73. The molecule has 0 aliphatic heterocycles.